The maximum Gasteiger partial charge on any atom is 0.331 e. The van der Waals surface area contributed by atoms with E-state index in [0.717, 1.165) is 28.1 Å². The number of carbonyl (C=O) groups is 2. The summed E-state index contributed by atoms with van der Waals surface area (Å²) in [6.07, 6.45) is 2.94. The van der Waals surface area contributed by atoms with Gasteiger partial charge in [-0.1, -0.05) is 29.8 Å². The lowest BCUT2D eigenvalue weighted by molar-refractivity contribution is -0.142. The van der Waals surface area contributed by atoms with Crippen LogP contribution in [0.25, 0.3) is 17.3 Å². The van der Waals surface area contributed by atoms with Crippen LogP contribution in [-0.4, -0.2) is 30.6 Å². The van der Waals surface area contributed by atoms with E-state index in [9.17, 15) is 9.59 Å². The van der Waals surface area contributed by atoms with Crippen molar-refractivity contribution in [2.45, 2.75) is 6.92 Å². The molecule has 0 bridgehead atoms. The number of thiazole rings is 1. The van der Waals surface area contributed by atoms with E-state index < -0.39 is 11.9 Å². The highest BCUT2D eigenvalue weighted by molar-refractivity contribution is 7.14. The summed E-state index contributed by atoms with van der Waals surface area (Å²) in [5, 5.41) is 4.91. The SMILES string of the molecule is COc1ccc(-c2csc(NC(=O)COC(=O)/C=C/c3ccc(C)cc3)n2)cc1. The summed E-state index contributed by atoms with van der Waals surface area (Å²) >= 11 is 1.30. The second kappa shape index (κ2) is 9.66. The Kier molecular flexibility index (Phi) is 6.76. The molecule has 0 atom stereocenters. The molecule has 0 spiro atoms. The van der Waals surface area contributed by atoms with E-state index in [0.29, 0.717) is 5.13 Å². The first-order valence-corrected chi connectivity index (χ1v) is 9.73. The maximum atomic E-state index is 12.0. The fourth-order valence-corrected chi connectivity index (χ4v) is 3.14. The second-order valence-electron chi connectivity index (χ2n) is 6.17. The first-order valence-electron chi connectivity index (χ1n) is 8.85. The van der Waals surface area contributed by atoms with Gasteiger partial charge in [-0.25, -0.2) is 9.78 Å². The molecule has 0 fully saturated rings. The molecule has 0 aliphatic carbocycles. The molecule has 0 radical (unpaired) electrons. The van der Waals surface area contributed by atoms with Gasteiger partial charge < -0.3 is 9.47 Å². The Balaban J connectivity index is 1.48. The van der Waals surface area contributed by atoms with Crippen molar-refractivity contribution in [3.05, 3.63) is 71.1 Å². The molecule has 3 aromatic rings. The van der Waals surface area contributed by atoms with Crippen molar-refractivity contribution in [1.82, 2.24) is 4.98 Å². The fraction of sp³-hybridized carbons (Fsp3) is 0.136. The van der Waals surface area contributed by atoms with E-state index >= 15 is 0 Å². The van der Waals surface area contributed by atoms with E-state index in [1.54, 1.807) is 13.2 Å². The molecule has 6 nitrogen and oxygen atoms in total. The normalized spacial score (nSPS) is 10.7. The number of anilines is 1. The number of benzene rings is 2. The van der Waals surface area contributed by atoms with Crippen LogP contribution in [0.1, 0.15) is 11.1 Å². The van der Waals surface area contributed by atoms with Crippen molar-refractivity contribution in [3.8, 4) is 17.0 Å². The fourth-order valence-electron chi connectivity index (χ4n) is 2.41. The highest BCUT2D eigenvalue weighted by Crippen LogP contribution is 2.26. The molecule has 3 rings (SSSR count). The Morgan fingerprint density at radius 2 is 1.83 bits per heavy atom. The zero-order chi connectivity index (χ0) is 20.6. The molecule has 0 saturated heterocycles. The van der Waals surface area contributed by atoms with Crippen molar-refractivity contribution in [2.24, 2.45) is 0 Å². The minimum atomic E-state index is -0.584. The molecule has 0 saturated carbocycles. The number of ether oxygens (including phenoxy) is 2. The molecule has 1 N–H and O–H groups in total. The quantitative estimate of drug-likeness (QED) is 0.465. The molecule has 0 unspecified atom stereocenters. The van der Waals surface area contributed by atoms with Gasteiger partial charge in [0.05, 0.1) is 12.8 Å². The molecule has 7 heteroatoms. The summed E-state index contributed by atoms with van der Waals surface area (Å²) in [4.78, 5) is 28.1. The van der Waals surface area contributed by atoms with Crippen LogP contribution in [0.3, 0.4) is 0 Å². The van der Waals surface area contributed by atoms with Gasteiger partial charge in [-0.2, -0.15) is 0 Å². The number of hydrogen-bond acceptors (Lipinski definition) is 6. The Morgan fingerprint density at radius 1 is 1.10 bits per heavy atom. The topological polar surface area (TPSA) is 77.5 Å². The molecule has 2 aromatic carbocycles. The zero-order valence-corrected chi connectivity index (χ0v) is 16.9. The van der Waals surface area contributed by atoms with Crippen LogP contribution >= 0.6 is 11.3 Å². The van der Waals surface area contributed by atoms with E-state index in [-0.39, 0.29) is 6.61 Å². The average Bonchev–Trinajstić information content (AvgIpc) is 3.20. The van der Waals surface area contributed by atoms with E-state index in [4.69, 9.17) is 9.47 Å². The van der Waals surface area contributed by atoms with Crippen LogP contribution in [0.5, 0.6) is 5.75 Å². The summed E-state index contributed by atoms with van der Waals surface area (Å²) in [5.41, 5.74) is 3.67. The minimum Gasteiger partial charge on any atom is -0.497 e. The maximum absolute atomic E-state index is 12.0. The zero-order valence-electron chi connectivity index (χ0n) is 16.0. The van der Waals surface area contributed by atoms with E-state index in [2.05, 4.69) is 10.3 Å². The Morgan fingerprint density at radius 3 is 2.52 bits per heavy atom. The number of nitrogens with zero attached hydrogens (tertiary/aromatic N) is 1. The van der Waals surface area contributed by atoms with Gasteiger partial charge >= 0.3 is 5.97 Å². The van der Waals surface area contributed by atoms with Crippen molar-refractivity contribution in [3.63, 3.8) is 0 Å². The van der Waals surface area contributed by atoms with Gasteiger partial charge in [0.2, 0.25) is 0 Å². The smallest absolute Gasteiger partial charge is 0.331 e. The van der Waals surface area contributed by atoms with Crippen LogP contribution in [0.15, 0.2) is 60.0 Å². The lowest BCUT2D eigenvalue weighted by Gasteiger charge is -2.02. The molecule has 1 heterocycles. The first-order chi connectivity index (χ1) is 14.0. The number of nitrogens with one attached hydrogen (secondary N) is 1. The van der Waals surface area contributed by atoms with Crippen molar-refractivity contribution in [1.29, 1.82) is 0 Å². The number of hydrogen-bond donors (Lipinski definition) is 1. The van der Waals surface area contributed by atoms with Gasteiger partial charge in [-0.3, -0.25) is 10.1 Å². The third-order valence-electron chi connectivity index (χ3n) is 3.97. The highest BCUT2D eigenvalue weighted by atomic mass is 32.1. The molecule has 148 valence electrons. The highest BCUT2D eigenvalue weighted by Gasteiger charge is 2.10. The third kappa shape index (κ3) is 6.02. The molecular weight excluding hydrogens is 388 g/mol. The van der Waals surface area contributed by atoms with Crippen LogP contribution in [0, 0.1) is 6.92 Å². The Labute approximate surface area is 172 Å². The monoisotopic (exact) mass is 408 g/mol. The van der Waals surface area contributed by atoms with Gasteiger partial charge in [0, 0.05) is 17.0 Å². The lowest BCUT2D eigenvalue weighted by atomic mass is 10.1. The van der Waals surface area contributed by atoms with Crippen molar-refractivity contribution < 1.29 is 19.1 Å². The molecule has 1 amide bonds. The number of esters is 1. The number of amides is 1. The predicted molar refractivity (Wildman–Crippen MR) is 114 cm³/mol. The average molecular weight is 408 g/mol. The molecular formula is C22H20N2O4S. The van der Waals surface area contributed by atoms with Crippen LogP contribution in [0.4, 0.5) is 5.13 Å². The number of carbonyl (C=O) groups excluding carboxylic acids is 2. The molecule has 0 aliphatic rings. The lowest BCUT2D eigenvalue weighted by Crippen LogP contribution is -2.20. The Bertz CT molecular complexity index is 1010. The predicted octanol–water partition coefficient (Wildman–Crippen LogP) is 4.32. The molecule has 29 heavy (non-hydrogen) atoms. The summed E-state index contributed by atoms with van der Waals surface area (Å²) in [6, 6.07) is 15.2. The van der Waals surface area contributed by atoms with Crippen LogP contribution < -0.4 is 10.1 Å². The number of methoxy groups -OCH3 is 1. The van der Waals surface area contributed by atoms with Gasteiger partial charge in [0.15, 0.2) is 11.7 Å². The summed E-state index contributed by atoms with van der Waals surface area (Å²) in [6.45, 7) is 1.61. The third-order valence-corrected chi connectivity index (χ3v) is 4.73. The summed E-state index contributed by atoms with van der Waals surface area (Å²) < 4.78 is 10.1. The van der Waals surface area contributed by atoms with Crippen molar-refractivity contribution >= 4 is 34.4 Å². The molecule has 1 aromatic heterocycles. The second-order valence-corrected chi connectivity index (χ2v) is 7.02. The van der Waals surface area contributed by atoms with Gasteiger partial charge in [0.1, 0.15) is 5.75 Å². The first kappa shape index (κ1) is 20.3. The number of rotatable bonds is 7. The molecule has 0 aliphatic heterocycles. The summed E-state index contributed by atoms with van der Waals surface area (Å²) in [5.74, 6) is -0.271. The van der Waals surface area contributed by atoms with Gasteiger partial charge in [0.25, 0.3) is 5.91 Å². The number of aromatic nitrogens is 1. The van der Waals surface area contributed by atoms with E-state index in [1.807, 2.05) is 60.8 Å². The van der Waals surface area contributed by atoms with E-state index in [1.165, 1.54) is 17.4 Å². The van der Waals surface area contributed by atoms with Gasteiger partial charge in [-0.15, -0.1) is 11.3 Å². The summed E-state index contributed by atoms with van der Waals surface area (Å²) in [7, 11) is 1.61. The van der Waals surface area contributed by atoms with Crippen LogP contribution in [-0.2, 0) is 14.3 Å². The largest absolute Gasteiger partial charge is 0.497 e. The minimum absolute atomic E-state index is 0.380. The standard InChI is InChI=1S/C22H20N2O4S/c1-15-3-5-16(6-4-15)7-12-21(26)28-13-20(25)24-22-23-19(14-29-22)17-8-10-18(27-2)11-9-17/h3-12,14H,13H2,1-2H3,(H,23,24,25)/b12-7+. The Hall–Kier alpha value is -3.45. The number of aryl methyl sites for hydroxylation is 1. The van der Waals surface area contributed by atoms with Crippen molar-refractivity contribution in [2.75, 3.05) is 19.0 Å². The van der Waals surface area contributed by atoms with Crippen LogP contribution in [0.2, 0.25) is 0 Å². The van der Waals surface area contributed by atoms with Gasteiger partial charge in [-0.05, 0) is 42.8 Å².